The molecule has 2 N–H and O–H groups in total. The molecule has 1 aromatic carbocycles. The number of nitrogens with zero attached hydrogens (tertiary/aromatic N) is 2. The maximum Gasteiger partial charge on any atom is 0.254 e. The number of carbonyl (C=O) groups is 1. The number of hydrogen-bond acceptors (Lipinski definition) is 5. The summed E-state index contributed by atoms with van der Waals surface area (Å²) in [6.45, 7) is 7.45. The van der Waals surface area contributed by atoms with Crippen LogP contribution < -0.4 is 10.5 Å². The highest BCUT2D eigenvalue weighted by atomic mass is 32.2. The molecule has 2 rings (SSSR count). The number of piperidine rings is 1. The third-order valence-corrected chi connectivity index (χ3v) is 7.32. The van der Waals surface area contributed by atoms with Crippen LogP contribution in [0.4, 0.5) is 0 Å². The number of sulfonamides is 1. The van der Waals surface area contributed by atoms with Gasteiger partial charge in [-0.05, 0) is 37.0 Å². The Labute approximate surface area is 162 Å². The van der Waals surface area contributed by atoms with E-state index in [1.807, 2.05) is 0 Å². The van der Waals surface area contributed by atoms with E-state index in [1.54, 1.807) is 30.9 Å². The predicted molar refractivity (Wildman–Crippen MR) is 105 cm³/mol. The van der Waals surface area contributed by atoms with Crippen molar-refractivity contribution in [2.75, 3.05) is 33.3 Å². The van der Waals surface area contributed by atoms with E-state index in [2.05, 4.69) is 6.92 Å². The summed E-state index contributed by atoms with van der Waals surface area (Å²) in [4.78, 5) is 14.9. The maximum absolute atomic E-state index is 13.1. The van der Waals surface area contributed by atoms with E-state index in [1.165, 1.54) is 17.5 Å². The number of ether oxygens (including phenoxy) is 1. The molecule has 7 nitrogen and oxygen atoms in total. The minimum atomic E-state index is -3.75. The Balaban J connectivity index is 2.43. The quantitative estimate of drug-likeness (QED) is 0.759. The smallest absolute Gasteiger partial charge is 0.254 e. The lowest BCUT2D eigenvalue weighted by atomic mass is 9.92. The van der Waals surface area contributed by atoms with Gasteiger partial charge in [-0.3, -0.25) is 4.79 Å². The van der Waals surface area contributed by atoms with Gasteiger partial charge in [0.15, 0.2) is 0 Å². The van der Waals surface area contributed by atoms with Gasteiger partial charge in [-0.25, -0.2) is 8.42 Å². The van der Waals surface area contributed by atoms with Crippen molar-refractivity contribution in [3.63, 3.8) is 0 Å². The number of rotatable bonds is 7. The third-order valence-electron chi connectivity index (χ3n) is 5.24. The lowest BCUT2D eigenvalue weighted by Crippen LogP contribution is -2.49. The number of methoxy groups -OCH3 is 1. The van der Waals surface area contributed by atoms with Crippen LogP contribution in [-0.4, -0.2) is 62.9 Å². The SMILES string of the molecule is CCN(CC)S(=O)(=O)c1cc(C(=O)N2CCC(C)CC2CN)ccc1OC. The fourth-order valence-corrected chi connectivity index (χ4v) is 5.26. The highest BCUT2D eigenvalue weighted by molar-refractivity contribution is 7.89. The van der Waals surface area contributed by atoms with Crippen LogP contribution in [0.25, 0.3) is 0 Å². The van der Waals surface area contributed by atoms with Crippen LogP contribution in [0.2, 0.25) is 0 Å². The summed E-state index contributed by atoms with van der Waals surface area (Å²) in [5.74, 6) is 0.578. The van der Waals surface area contributed by atoms with Gasteiger partial charge in [-0.15, -0.1) is 0 Å². The molecule has 1 heterocycles. The summed E-state index contributed by atoms with van der Waals surface area (Å²) in [5.41, 5.74) is 6.22. The zero-order valence-corrected chi connectivity index (χ0v) is 17.5. The molecule has 8 heteroatoms. The summed E-state index contributed by atoms with van der Waals surface area (Å²) in [5, 5.41) is 0. The molecule has 1 amide bonds. The monoisotopic (exact) mass is 397 g/mol. The van der Waals surface area contributed by atoms with Gasteiger partial charge < -0.3 is 15.4 Å². The summed E-state index contributed by atoms with van der Waals surface area (Å²) < 4.78 is 32.6. The van der Waals surface area contributed by atoms with Crippen molar-refractivity contribution in [3.05, 3.63) is 23.8 Å². The highest BCUT2D eigenvalue weighted by Gasteiger charge is 2.32. The van der Waals surface area contributed by atoms with E-state index in [4.69, 9.17) is 10.5 Å². The Hall–Kier alpha value is -1.64. The van der Waals surface area contributed by atoms with Gasteiger partial charge in [-0.1, -0.05) is 20.8 Å². The molecule has 1 aliphatic rings. The number of hydrogen-bond donors (Lipinski definition) is 1. The molecule has 0 spiro atoms. The number of benzene rings is 1. The van der Waals surface area contributed by atoms with E-state index < -0.39 is 10.0 Å². The molecule has 152 valence electrons. The van der Waals surface area contributed by atoms with Gasteiger partial charge in [0, 0.05) is 37.8 Å². The van der Waals surface area contributed by atoms with E-state index in [0.717, 1.165) is 12.8 Å². The van der Waals surface area contributed by atoms with Crippen molar-refractivity contribution < 1.29 is 17.9 Å². The zero-order chi connectivity index (χ0) is 20.2. The summed E-state index contributed by atoms with van der Waals surface area (Å²) in [6, 6.07) is 4.58. The minimum absolute atomic E-state index is 0.0220. The van der Waals surface area contributed by atoms with Crippen molar-refractivity contribution in [2.45, 2.75) is 44.6 Å². The topological polar surface area (TPSA) is 92.9 Å². The van der Waals surface area contributed by atoms with Gasteiger partial charge in [0.2, 0.25) is 10.0 Å². The van der Waals surface area contributed by atoms with E-state index >= 15 is 0 Å². The normalized spacial score (nSPS) is 20.7. The second-order valence-corrected chi connectivity index (χ2v) is 8.88. The van der Waals surface area contributed by atoms with Gasteiger partial charge in [0.25, 0.3) is 5.91 Å². The Morgan fingerprint density at radius 1 is 1.33 bits per heavy atom. The molecule has 2 unspecified atom stereocenters. The Morgan fingerprint density at radius 2 is 2.00 bits per heavy atom. The molecule has 0 saturated carbocycles. The maximum atomic E-state index is 13.1. The van der Waals surface area contributed by atoms with Gasteiger partial charge in [0.1, 0.15) is 10.6 Å². The second kappa shape index (κ2) is 9.03. The molecule has 27 heavy (non-hydrogen) atoms. The first-order valence-electron chi connectivity index (χ1n) is 9.49. The molecular weight excluding hydrogens is 366 g/mol. The first-order valence-corrected chi connectivity index (χ1v) is 10.9. The number of carbonyl (C=O) groups excluding carboxylic acids is 1. The van der Waals surface area contributed by atoms with Crippen molar-refractivity contribution in [1.82, 2.24) is 9.21 Å². The largest absolute Gasteiger partial charge is 0.495 e. The van der Waals surface area contributed by atoms with Crippen molar-refractivity contribution >= 4 is 15.9 Å². The lowest BCUT2D eigenvalue weighted by molar-refractivity contribution is 0.0573. The average molecular weight is 398 g/mol. The van der Waals surface area contributed by atoms with Crippen molar-refractivity contribution in [2.24, 2.45) is 11.7 Å². The Bertz CT molecular complexity index is 762. The minimum Gasteiger partial charge on any atom is -0.495 e. The molecule has 0 radical (unpaired) electrons. The fourth-order valence-electron chi connectivity index (χ4n) is 3.62. The summed E-state index contributed by atoms with van der Waals surface area (Å²) in [7, 11) is -2.32. The third kappa shape index (κ3) is 4.44. The van der Waals surface area contributed by atoms with Crippen LogP contribution in [0.5, 0.6) is 5.75 Å². The molecule has 0 aliphatic carbocycles. The van der Waals surface area contributed by atoms with E-state index in [9.17, 15) is 13.2 Å². The standard InChI is InChI=1S/C19H31N3O4S/c1-5-21(6-2)27(24,25)18-12-15(7-8-17(18)26-4)19(23)22-10-9-14(3)11-16(22)13-20/h7-8,12,14,16H,5-6,9-11,13,20H2,1-4H3. The summed E-state index contributed by atoms with van der Waals surface area (Å²) >= 11 is 0. The number of nitrogens with two attached hydrogens (primary N) is 1. The molecule has 1 saturated heterocycles. The van der Waals surface area contributed by atoms with Gasteiger partial charge in [-0.2, -0.15) is 4.31 Å². The van der Waals surface area contributed by atoms with Crippen LogP contribution in [0, 0.1) is 5.92 Å². The second-order valence-electron chi connectivity index (χ2n) is 6.97. The Morgan fingerprint density at radius 3 is 2.56 bits per heavy atom. The molecule has 1 fully saturated rings. The first kappa shape index (κ1) is 21.7. The van der Waals surface area contributed by atoms with Crippen LogP contribution in [0.3, 0.4) is 0 Å². The molecule has 2 atom stereocenters. The fraction of sp³-hybridized carbons (Fsp3) is 0.632. The van der Waals surface area contributed by atoms with Gasteiger partial charge in [0.05, 0.1) is 7.11 Å². The highest BCUT2D eigenvalue weighted by Crippen LogP contribution is 2.30. The van der Waals surface area contributed by atoms with E-state index in [-0.39, 0.29) is 22.6 Å². The molecular formula is C19H31N3O4S. The Kier molecular flexibility index (Phi) is 7.25. The van der Waals surface area contributed by atoms with Crippen LogP contribution >= 0.6 is 0 Å². The number of amides is 1. The number of likely N-dealkylation sites (tertiary alicyclic amines) is 1. The van der Waals surface area contributed by atoms with E-state index in [0.29, 0.717) is 37.7 Å². The predicted octanol–water partition coefficient (Wildman–Crippen LogP) is 1.93. The lowest BCUT2D eigenvalue weighted by Gasteiger charge is -2.38. The van der Waals surface area contributed by atoms with Crippen molar-refractivity contribution in [3.8, 4) is 5.75 Å². The molecule has 0 aromatic heterocycles. The average Bonchev–Trinajstić information content (AvgIpc) is 2.67. The first-order chi connectivity index (χ1) is 12.8. The van der Waals surface area contributed by atoms with Crippen LogP contribution in [-0.2, 0) is 10.0 Å². The molecule has 1 aromatic rings. The van der Waals surface area contributed by atoms with Crippen LogP contribution in [0.15, 0.2) is 23.1 Å². The zero-order valence-electron chi connectivity index (χ0n) is 16.6. The molecule has 0 bridgehead atoms. The summed E-state index contributed by atoms with van der Waals surface area (Å²) in [6.07, 6.45) is 1.78. The van der Waals surface area contributed by atoms with Crippen LogP contribution in [0.1, 0.15) is 44.0 Å². The van der Waals surface area contributed by atoms with Gasteiger partial charge >= 0.3 is 0 Å². The van der Waals surface area contributed by atoms with Crippen molar-refractivity contribution in [1.29, 1.82) is 0 Å². The molecule has 1 aliphatic heterocycles.